The van der Waals surface area contributed by atoms with E-state index in [1.54, 1.807) is 31.2 Å². The van der Waals surface area contributed by atoms with Gasteiger partial charge in [0.2, 0.25) is 0 Å². The van der Waals surface area contributed by atoms with Crippen molar-refractivity contribution in [3.05, 3.63) is 107 Å². The number of aryl methyl sites for hydroxylation is 1. The van der Waals surface area contributed by atoms with Crippen LogP contribution in [0.4, 0.5) is 0 Å². The monoisotopic (exact) mass is 599 g/mol. The van der Waals surface area contributed by atoms with Crippen molar-refractivity contribution in [2.75, 3.05) is 26.3 Å². The summed E-state index contributed by atoms with van der Waals surface area (Å²) in [6, 6.07) is 21.9. The number of ether oxygens (including phenoxy) is 2. The molecule has 0 radical (unpaired) electrons. The zero-order valence-electron chi connectivity index (χ0n) is 25.2. The summed E-state index contributed by atoms with van der Waals surface area (Å²) in [5.74, 6) is -0.850. The second-order valence-electron chi connectivity index (χ2n) is 11.2. The first-order valence-corrected chi connectivity index (χ1v) is 15.2. The number of carbonyl (C=O) groups excluding carboxylic acids is 1. The number of rotatable bonds is 16. The van der Waals surface area contributed by atoms with Crippen molar-refractivity contribution in [3.63, 3.8) is 0 Å². The Hall–Kier alpha value is -4.43. The standard InChI is InChI=1S/C36H41NO7/c1-26-34(38)37(22-24-43-26)21-5-2-6-23-44-33-8-4-3-7-30(33)16-13-28(25-29-14-19-32(20-15-29)36(41)42)10-9-27-11-17-31(18-12-27)35(39)40/h3-4,7-8,11-20,26,28H,2,5-6,9-10,21-25H2,1H3,(H,39,40)(H,41,42)/b16-13+. The van der Waals surface area contributed by atoms with Gasteiger partial charge in [-0.2, -0.15) is 0 Å². The second-order valence-corrected chi connectivity index (χ2v) is 11.2. The molecule has 4 rings (SSSR count). The van der Waals surface area contributed by atoms with Crippen LogP contribution in [0.1, 0.15) is 70.0 Å². The molecular weight excluding hydrogens is 558 g/mol. The van der Waals surface area contributed by atoms with E-state index in [0.29, 0.717) is 19.8 Å². The Morgan fingerprint density at radius 1 is 0.932 bits per heavy atom. The fourth-order valence-electron chi connectivity index (χ4n) is 5.27. The minimum atomic E-state index is -0.948. The molecule has 0 saturated carbocycles. The zero-order chi connectivity index (χ0) is 31.3. The van der Waals surface area contributed by atoms with Crippen LogP contribution in [0.3, 0.4) is 0 Å². The van der Waals surface area contributed by atoms with E-state index in [0.717, 1.165) is 67.5 Å². The van der Waals surface area contributed by atoms with Crippen LogP contribution in [-0.2, 0) is 22.4 Å². The molecule has 1 saturated heterocycles. The summed E-state index contributed by atoms with van der Waals surface area (Å²) in [6.07, 6.45) is 9.04. The maximum atomic E-state index is 12.2. The lowest BCUT2D eigenvalue weighted by Gasteiger charge is -2.30. The maximum absolute atomic E-state index is 12.2. The number of aromatic carboxylic acids is 2. The lowest BCUT2D eigenvalue weighted by atomic mass is 9.91. The van der Waals surface area contributed by atoms with Crippen LogP contribution in [0.15, 0.2) is 78.9 Å². The molecule has 2 N–H and O–H groups in total. The number of hydrogen-bond acceptors (Lipinski definition) is 5. The summed E-state index contributed by atoms with van der Waals surface area (Å²) in [7, 11) is 0. The molecule has 3 aromatic carbocycles. The summed E-state index contributed by atoms with van der Waals surface area (Å²) >= 11 is 0. The number of carboxylic acids is 2. The molecule has 2 atom stereocenters. The Morgan fingerprint density at radius 2 is 1.59 bits per heavy atom. The molecule has 1 fully saturated rings. The zero-order valence-corrected chi connectivity index (χ0v) is 25.2. The van der Waals surface area contributed by atoms with Gasteiger partial charge in [-0.05, 0) is 92.8 Å². The van der Waals surface area contributed by atoms with E-state index in [2.05, 4.69) is 12.2 Å². The summed E-state index contributed by atoms with van der Waals surface area (Å²) in [5, 5.41) is 18.5. The third-order valence-electron chi connectivity index (χ3n) is 7.89. The maximum Gasteiger partial charge on any atom is 0.335 e. The minimum Gasteiger partial charge on any atom is -0.493 e. The van der Waals surface area contributed by atoms with Gasteiger partial charge < -0.3 is 24.6 Å². The Labute approximate surface area is 258 Å². The van der Waals surface area contributed by atoms with E-state index in [1.165, 1.54) is 0 Å². The van der Waals surface area contributed by atoms with Crippen LogP contribution in [0.5, 0.6) is 5.75 Å². The fourth-order valence-corrected chi connectivity index (χ4v) is 5.27. The molecule has 44 heavy (non-hydrogen) atoms. The highest BCUT2D eigenvalue weighted by molar-refractivity contribution is 5.88. The number of allylic oxidation sites excluding steroid dienone is 1. The van der Waals surface area contributed by atoms with E-state index in [-0.39, 0.29) is 29.1 Å². The molecule has 232 valence electrons. The van der Waals surface area contributed by atoms with Gasteiger partial charge in [-0.3, -0.25) is 4.79 Å². The number of benzene rings is 3. The average molecular weight is 600 g/mol. The Balaban J connectivity index is 1.35. The average Bonchev–Trinajstić information content (AvgIpc) is 3.03. The number of amides is 1. The normalized spacial score (nSPS) is 15.8. The van der Waals surface area contributed by atoms with Gasteiger partial charge in [0.1, 0.15) is 11.9 Å². The first kappa shape index (κ1) is 32.5. The minimum absolute atomic E-state index is 0.0693. The quantitative estimate of drug-likeness (QED) is 0.184. The van der Waals surface area contributed by atoms with E-state index < -0.39 is 11.9 Å². The Kier molecular flexibility index (Phi) is 12.1. The van der Waals surface area contributed by atoms with Gasteiger partial charge in [-0.15, -0.1) is 0 Å². The lowest BCUT2D eigenvalue weighted by molar-refractivity contribution is -0.151. The molecule has 8 heteroatoms. The van der Waals surface area contributed by atoms with Gasteiger partial charge in [0.15, 0.2) is 0 Å². The van der Waals surface area contributed by atoms with E-state index >= 15 is 0 Å². The predicted octanol–water partition coefficient (Wildman–Crippen LogP) is 6.38. The molecule has 3 aromatic rings. The highest BCUT2D eigenvalue weighted by Gasteiger charge is 2.25. The largest absolute Gasteiger partial charge is 0.493 e. The Morgan fingerprint density at radius 3 is 2.27 bits per heavy atom. The SMILES string of the molecule is CC1OCCN(CCCCCOc2ccccc2/C=C/C(CCc2ccc(C(=O)O)cc2)Cc2ccc(C(=O)O)cc2)C1=O. The smallest absolute Gasteiger partial charge is 0.335 e. The summed E-state index contributed by atoms with van der Waals surface area (Å²) in [5.41, 5.74) is 3.61. The Bertz CT molecular complexity index is 1420. The number of morpholine rings is 1. The van der Waals surface area contributed by atoms with Gasteiger partial charge >= 0.3 is 11.9 Å². The van der Waals surface area contributed by atoms with Crippen LogP contribution in [-0.4, -0.2) is 65.4 Å². The van der Waals surface area contributed by atoms with E-state index in [9.17, 15) is 24.6 Å². The van der Waals surface area contributed by atoms with Gasteiger partial charge in [0, 0.05) is 18.7 Å². The first-order chi connectivity index (χ1) is 21.3. The molecule has 0 aromatic heterocycles. The highest BCUT2D eigenvalue weighted by atomic mass is 16.5. The number of hydrogen-bond donors (Lipinski definition) is 2. The molecule has 1 aliphatic heterocycles. The third-order valence-corrected chi connectivity index (χ3v) is 7.89. The molecule has 0 bridgehead atoms. The molecule has 0 aliphatic carbocycles. The van der Waals surface area contributed by atoms with Crippen LogP contribution >= 0.6 is 0 Å². The van der Waals surface area contributed by atoms with Crippen molar-refractivity contribution >= 4 is 23.9 Å². The van der Waals surface area contributed by atoms with Gasteiger partial charge in [0.05, 0.1) is 24.3 Å². The molecular formula is C36H41NO7. The van der Waals surface area contributed by atoms with Crippen LogP contribution in [0.25, 0.3) is 6.08 Å². The van der Waals surface area contributed by atoms with Gasteiger partial charge in [-0.1, -0.05) is 54.6 Å². The van der Waals surface area contributed by atoms with Crippen LogP contribution < -0.4 is 4.74 Å². The molecule has 1 aliphatic rings. The fraction of sp³-hybridized carbons (Fsp3) is 0.361. The van der Waals surface area contributed by atoms with Crippen LogP contribution in [0, 0.1) is 5.92 Å². The molecule has 1 heterocycles. The summed E-state index contributed by atoms with van der Waals surface area (Å²) in [6.45, 7) is 4.39. The van der Waals surface area contributed by atoms with Crippen LogP contribution in [0.2, 0.25) is 0 Å². The van der Waals surface area contributed by atoms with Crippen molar-refractivity contribution in [1.29, 1.82) is 0 Å². The second kappa shape index (κ2) is 16.4. The lowest BCUT2D eigenvalue weighted by Crippen LogP contribution is -2.46. The summed E-state index contributed by atoms with van der Waals surface area (Å²) < 4.78 is 11.6. The predicted molar refractivity (Wildman–Crippen MR) is 169 cm³/mol. The number of para-hydroxylation sites is 1. The first-order valence-electron chi connectivity index (χ1n) is 15.2. The number of nitrogens with zero attached hydrogens (tertiary/aromatic N) is 1. The molecule has 0 spiro atoms. The van der Waals surface area contributed by atoms with Gasteiger partial charge in [0.25, 0.3) is 5.91 Å². The molecule has 2 unspecified atom stereocenters. The van der Waals surface area contributed by atoms with Crippen molar-refractivity contribution in [1.82, 2.24) is 4.90 Å². The van der Waals surface area contributed by atoms with Crippen molar-refractivity contribution in [2.45, 2.75) is 51.6 Å². The third kappa shape index (κ3) is 9.81. The summed E-state index contributed by atoms with van der Waals surface area (Å²) in [4.78, 5) is 36.6. The van der Waals surface area contributed by atoms with E-state index in [4.69, 9.17) is 9.47 Å². The number of carboxylic acid groups (broad SMARTS) is 2. The van der Waals surface area contributed by atoms with E-state index in [1.807, 2.05) is 53.4 Å². The number of unbranched alkanes of at least 4 members (excludes halogenated alkanes) is 2. The highest BCUT2D eigenvalue weighted by Crippen LogP contribution is 2.24. The molecule has 1 amide bonds. The molecule has 8 nitrogen and oxygen atoms in total. The van der Waals surface area contributed by atoms with Gasteiger partial charge in [-0.25, -0.2) is 9.59 Å². The van der Waals surface area contributed by atoms with Crippen molar-refractivity contribution < 1.29 is 34.1 Å². The van der Waals surface area contributed by atoms with Crippen molar-refractivity contribution in [3.8, 4) is 5.75 Å². The number of carbonyl (C=O) groups is 3. The topological polar surface area (TPSA) is 113 Å². The van der Waals surface area contributed by atoms with Crippen molar-refractivity contribution in [2.24, 2.45) is 5.92 Å².